The van der Waals surface area contributed by atoms with Crippen molar-refractivity contribution in [3.63, 3.8) is 0 Å². The van der Waals surface area contributed by atoms with Gasteiger partial charge >= 0.3 is 0 Å². The van der Waals surface area contributed by atoms with Gasteiger partial charge in [-0.3, -0.25) is 4.79 Å². The molecule has 0 atom stereocenters. The summed E-state index contributed by atoms with van der Waals surface area (Å²) in [6.45, 7) is 4.11. The largest absolute Gasteiger partial charge is 0.348 e. The molecule has 0 radical (unpaired) electrons. The normalized spacial score (nSPS) is 14.4. The number of nitrogens with one attached hydrogen (secondary N) is 1. The highest BCUT2D eigenvalue weighted by molar-refractivity contribution is 7.89. The number of sulfonamides is 1. The van der Waals surface area contributed by atoms with E-state index in [4.69, 9.17) is 0 Å². The molecule has 0 spiro atoms. The van der Waals surface area contributed by atoms with Gasteiger partial charge in [-0.15, -0.1) is 0 Å². The van der Waals surface area contributed by atoms with Gasteiger partial charge in [-0.25, -0.2) is 8.42 Å². The van der Waals surface area contributed by atoms with Crippen LogP contribution in [0, 0.1) is 6.92 Å². The van der Waals surface area contributed by atoms with Gasteiger partial charge in [-0.2, -0.15) is 4.31 Å². The van der Waals surface area contributed by atoms with Crippen LogP contribution in [0.15, 0.2) is 71.6 Å². The molecule has 1 aliphatic heterocycles. The van der Waals surface area contributed by atoms with Gasteiger partial charge in [-0.1, -0.05) is 54.6 Å². The third kappa shape index (κ3) is 5.81. The van der Waals surface area contributed by atoms with Crippen molar-refractivity contribution in [2.75, 3.05) is 27.2 Å². The molecule has 4 rings (SSSR count). The van der Waals surface area contributed by atoms with Gasteiger partial charge in [0.1, 0.15) is 0 Å². The zero-order valence-electron chi connectivity index (χ0n) is 20.6. The molecular formula is C28H33N3O3S. The lowest BCUT2D eigenvalue weighted by Crippen LogP contribution is -2.29. The predicted molar refractivity (Wildman–Crippen MR) is 140 cm³/mol. The smallest absolute Gasteiger partial charge is 0.251 e. The van der Waals surface area contributed by atoms with E-state index >= 15 is 0 Å². The van der Waals surface area contributed by atoms with Gasteiger partial charge in [0.05, 0.1) is 4.90 Å². The summed E-state index contributed by atoms with van der Waals surface area (Å²) in [5, 5.41) is 3.00. The highest BCUT2D eigenvalue weighted by atomic mass is 32.2. The van der Waals surface area contributed by atoms with Gasteiger partial charge in [0.25, 0.3) is 5.91 Å². The van der Waals surface area contributed by atoms with Crippen molar-refractivity contribution in [3.8, 4) is 11.1 Å². The minimum absolute atomic E-state index is 0.174. The summed E-state index contributed by atoms with van der Waals surface area (Å²) in [7, 11) is 0.511. The number of hydrogen-bond acceptors (Lipinski definition) is 4. The molecule has 0 saturated carbocycles. The van der Waals surface area contributed by atoms with Crippen LogP contribution in [-0.4, -0.2) is 50.7 Å². The fraction of sp³-hybridized carbons (Fsp3) is 0.321. The predicted octanol–water partition coefficient (Wildman–Crippen LogP) is 4.44. The molecule has 0 bridgehead atoms. The lowest BCUT2D eigenvalue weighted by atomic mass is 9.98. The highest BCUT2D eigenvalue weighted by Gasteiger charge is 2.28. The van der Waals surface area contributed by atoms with Crippen molar-refractivity contribution < 1.29 is 13.2 Å². The summed E-state index contributed by atoms with van der Waals surface area (Å²) in [6, 6.07) is 21.3. The molecular weight excluding hydrogens is 458 g/mol. The topological polar surface area (TPSA) is 69.7 Å². The number of carbonyl (C=O) groups excluding carboxylic acids is 1. The number of benzene rings is 3. The van der Waals surface area contributed by atoms with E-state index < -0.39 is 10.0 Å². The standard InChI is InChI=1S/C28H33N3O3S/c1-21-10-15-25(35(33,34)31-16-6-7-17-31)18-27(21)28(32)29-19-24-8-4-5-9-26(24)23-13-11-22(12-14-23)20-30(2)3/h4-5,8-15,18H,6-7,16-17,19-20H2,1-3H3,(H,29,32). The molecule has 1 amide bonds. The zero-order valence-corrected chi connectivity index (χ0v) is 21.4. The van der Waals surface area contributed by atoms with E-state index in [1.807, 2.05) is 39.2 Å². The Morgan fingerprint density at radius 1 is 0.971 bits per heavy atom. The van der Waals surface area contributed by atoms with Gasteiger partial charge < -0.3 is 10.2 Å². The first-order chi connectivity index (χ1) is 16.8. The molecule has 6 nitrogen and oxygen atoms in total. The number of aryl methyl sites for hydroxylation is 1. The molecule has 184 valence electrons. The van der Waals surface area contributed by atoms with Crippen molar-refractivity contribution in [3.05, 3.63) is 89.0 Å². The zero-order chi connectivity index (χ0) is 25.0. The van der Waals surface area contributed by atoms with Crippen LogP contribution in [0.25, 0.3) is 11.1 Å². The SMILES string of the molecule is Cc1ccc(S(=O)(=O)N2CCCC2)cc1C(=O)NCc1ccccc1-c1ccc(CN(C)C)cc1. The molecule has 1 aliphatic rings. The highest BCUT2D eigenvalue weighted by Crippen LogP contribution is 2.26. The number of carbonyl (C=O) groups is 1. The summed E-state index contributed by atoms with van der Waals surface area (Å²) in [5.41, 5.74) is 5.52. The maximum Gasteiger partial charge on any atom is 0.251 e. The number of amides is 1. The van der Waals surface area contributed by atoms with E-state index in [0.29, 0.717) is 25.2 Å². The fourth-order valence-corrected chi connectivity index (χ4v) is 6.01. The van der Waals surface area contributed by atoms with Crippen LogP contribution in [0.4, 0.5) is 0 Å². The van der Waals surface area contributed by atoms with Gasteiger partial charge in [0.15, 0.2) is 0 Å². The molecule has 1 heterocycles. The van der Waals surface area contributed by atoms with Crippen molar-refractivity contribution in [2.45, 2.75) is 37.8 Å². The Hall–Kier alpha value is -3.00. The Bertz CT molecular complexity index is 1300. The molecule has 0 unspecified atom stereocenters. The average molecular weight is 492 g/mol. The minimum atomic E-state index is -3.58. The van der Waals surface area contributed by atoms with E-state index in [2.05, 4.69) is 40.5 Å². The fourth-order valence-electron chi connectivity index (χ4n) is 4.47. The Balaban J connectivity index is 1.52. The quantitative estimate of drug-likeness (QED) is 0.506. The van der Waals surface area contributed by atoms with E-state index in [9.17, 15) is 13.2 Å². The molecule has 1 fully saturated rings. The number of nitrogens with zero attached hydrogens (tertiary/aromatic N) is 2. The first kappa shape index (κ1) is 25.1. The maximum atomic E-state index is 13.1. The Morgan fingerprint density at radius 3 is 2.34 bits per heavy atom. The second-order valence-electron chi connectivity index (χ2n) is 9.36. The monoisotopic (exact) mass is 491 g/mol. The first-order valence-corrected chi connectivity index (χ1v) is 13.4. The van der Waals surface area contributed by atoms with Crippen LogP contribution in [0.2, 0.25) is 0 Å². The molecule has 1 saturated heterocycles. The van der Waals surface area contributed by atoms with Crippen LogP contribution in [0.5, 0.6) is 0 Å². The van der Waals surface area contributed by atoms with Crippen molar-refractivity contribution >= 4 is 15.9 Å². The lowest BCUT2D eigenvalue weighted by molar-refractivity contribution is 0.0950. The van der Waals surface area contributed by atoms with Crippen molar-refractivity contribution in [2.24, 2.45) is 0 Å². The summed E-state index contributed by atoms with van der Waals surface area (Å²) in [6.07, 6.45) is 1.74. The molecule has 0 aliphatic carbocycles. The van der Waals surface area contributed by atoms with Crippen LogP contribution < -0.4 is 5.32 Å². The molecule has 3 aromatic carbocycles. The third-order valence-electron chi connectivity index (χ3n) is 6.38. The molecule has 0 aromatic heterocycles. The summed E-state index contributed by atoms with van der Waals surface area (Å²) >= 11 is 0. The summed E-state index contributed by atoms with van der Waals surface area (Å²) in [4.78, 5) is 15.4. The molecule has 1 N–H and O–H groups in total. The summed E-state index contributed by atoms with van der Waals surface area (Å²) < 4.78 is 27.5. The summed E-state index contributed by atoms with van der Waals surface area (Å²) in [5.74, 6) is -0.280. The maximum absolute atomic E-state index is 13.1. The van der Waals surface area contributed by atoms with Crippen LogP contribution in [0.3, 0.4) is 0 Å². The Labute approximate surface area is 208 Å². The Kier molecular flexibility index (Phi) is 7.69. The second kappa shape index (κ2) is 10.7. The van der Waals surface area contributed by atoms with Gasteiger partial charge in [-0.05, 0) is 73.8 Å². The van der Waals surface area contributed by atoms with E-state index in [0.717, 1.165) is 41.6 Å². The van der Waals surface area contributed by atoms with Gasteiger partial charge in [0.2, 0.25) is 10.0 Å². The van der Waals surface area contributed by atoms with E-state index in [1.165, 1.54) is 15.9 Å². The minimum Gasteiger partial charge on any atom is -0.348 e. The number of hydrogen-bond donors (Lipinski definition) is 1. The molecule has 35 heavy (non-hydrogen) atoms. The Morgan fingerprint density at radius 2 is 1.66 bits per heavy atom. The average Bonchev–Trinajstić information content (AvgIpc) is 3.39. The van der Waals surface area contributed by atoms with Crippen LogP contribution in [0.1, 0.15) is 39.9 Å². The molecule has 3 aromatic rings. The number of rotatable bonds is 8. The third-order valence-corrected chi connectivity index (χ3v) is 8.27. The van der Waals surface area contributed by atoms with Crippen LogP contribution >= 0.6 is 0 Å². The van der Waals surface area contributed by atoms with Crippen molar-refractivity contribution in [1.82, 2.24) is 14.5 Å². The molecule has 7 heteroatoms. The van der Waals surface area contributed by atoms with E-state index in [1.54, 1.807) is 12.1 Å². The second-order valence-corrected chi connectivity index (χ2v) is 11.3. The van der Waals surface area contributed by atoms with Crippen LogP contribution in [-0.2, 0) is 23.1 Å². The first-order valence-electron chi connectivity index (χ1n) is 12.0. The van der Waals surface area contributed by atoms with Gasteiger partial charge in [0, 0.05) is 31.7 Å². The van der Waals surface area contributed by atoms with E-state index in [-0.39, 0.29) is 10.8 Å². The van der Waals surface area contributed by atoms with Crippen molar-refractivity contribution in [1.29, 1.82) is 0 Å². The lowest BCUT2D eigenvalue weighted by Gasteiger charge is -2.17.